The monoisotopic (exact) mass is 197 g/mol. The second-order valence-corrected chi connectivity index (χ2v) is 3.60. The number of hydrogen-bond acceptors (Lipinski definition) is 3. The van der Waals surface area contributed by atoms with E-state index in [-0.39, 0.29) is 5.91 Å². The summed E-state index contributed by atoms with van der Waals surface area (Å²) in [4.78, 5) is 25.2. The summed E-state index contributed by atoms with van der Waals surface area (Å²) in [5.74, 6) is 0.158. The molecule has 1 aliphatic heterocycles. The van der Waals surface area contributed by atoms with Crippen LogP contribution in [0.1, 0.15) is 19.8 Å². The number of piperazine rings is 1. The van der Waals surface area contributed by atoms with E-state index in [0.29, 0.717) is 6.42 Å². The molecule has 0 bridgehead atoms. The maximum atomic E-state index is 11.0. The molecule has 0 saturated carbocycles. The van der Waals surface area contributed by atoms with E-state index in [0.717, 1.165) is 39.1 Å². The average molecular weight is 197 g/mol. The lowest BCUT2D eigenvalue weighted by molar-refractivity contribution is -0.130. The maximum Gasteiger partial charge on any atom is 0.219 e. The van der Waals surface area contributed by atoms with Crippen molar-refractivity contribution < 1.29 is 9.59 Å². The van der Waals surface area contributed by atoms with Gasteiger partial charge in [-0.2, -0.15) is 0 Å². The van der Waals surface area contributed by atoms with Crippen molar-refractivity contribution in [2.24, 2.45) is 0 Å². The molecule has 0 N–H and O–H groups in total. The van der Waals surface area contributed by atoms with E-state index in [1.54, 1.807) is 6.92 Å². The zero-order chi connectivity index (χ0) is 10.4. The Kier molecular flexibility index (Phi) is 4.59. The molecule has 0 aromatic rings. The van der Waals surface area contributed by atoms with Crippen LogP contribution >= 0.6 is 0 Å². The van der Waals surface area contributed by atoms with Gasteiger partial charge in [-0.25, -0.2) is 0 Å². The minimum absolute atomic E-state index is 0.158. The van der Waals surface area contributed by atoms with E-state index in [1.165, 1.54) is 0 Å². The Balaban J connectivity index is 2.15. The fourth-order valence-electron chi connectivity index (χ4n) is 1.66. The number of nitrogens with zero attached hydrogens (tertiary/aromatic N) is 2. The van der Waals surface area contributed by atoms with Crippen LogP contribution in [0, 0.1) is 0 Å². The lowest BCUT2D eigenvalue weighted by atomic mass is 10.2. The fraction of sp³-hybridized carbons (Fsp3) is 0.800. The zero-order valence-electron chi connectivity index (χ0n) is 8.66. The van der Waals surface area contributed by atoms with E-state index in [4.69, 9.17) is 0 Å². The molecule has 0 spiro atoms. The first kappa shape index (κ1) is 11.2. The van der Waals surface area contributed by atoms with Crippen LogP contribution in [0.15, 0.2) is 0 Å². The van der Waals surface area contributed by atoms with Gasteiger partial charge in [-0.3, -0.25) is 14.5 Å². The van der Waals surface area contributed by atoms with Gasteiger partial charge in [0.05, 0.1) is 0 Å². The fourth-order valence-corrected chi connectivity index (χ4v) is 1.66. The van der Waals surface area contributed by atoms with E-state index < -0.39 is 0 Å². The summed E-state index contributed by atoms with van der Waals surface area (Å²) in [5.41, 5.74) is 0. The van der Waals surface area contributed by atoms with Gasteiger partial charge in [0.25, 0.3) is 0 Å². The van der Waals surface area contributed by atoms with Crippen LogP contribution < -0.4 is 0 Å². The Bertz CT molecular complexity index is 198. The van der Waals surface area contributed by atoms with Crippen LogP contribution in [0.5, 0.6) is 0 Å². The Hall–Kier alpha value is -0.900. The number of carbonyl (C=O) groups excluding carboxylic acids is 2. The molecule has 0 unspecified atom stereocenters. The van der Waals surface area contributed by atoms with Crippen molar-refractivity contribution in [2.75, 3.05) is 32.7 Å². The third-order valence-corrected chi connectivity index (χ3v) is 2.57. The normalized spacial score (nSPS) is 18.2. The second-order valence-electron chi connectivity index (χ2n) is 3.60. The number of amides is 1. The summed E-state index contributed by atoms with van der Waals surface area (Å²) in [6.07, 6.45) is 3.29. The molecular formula is C10H17N2O2. The van der Waals surface area contributed by atoms with E-state index >= 15 is 0 Å². The molecule has 4 heteroatoms. The SMILES string of the molecule is CC(=O)N1CCN(CCC[C]=O)CC1. The average Bonchev–Trinajstić information content (AvgIpc) is 2.19. The summed E-state index contributed by atoms with van der Waals surface area (Å²) >= 11 is 0. The Morgan fingerprint density at radius 1 is 1.29 bits per heavy atom. The van der Waals surface area contributed by atoms with Gasteiger partial charge in [0.15, 0.2) is 6.29 Å². The molecule has 1 saturated heterocycles. The summed E-state index contributed by atoms with van der Waals surface area (Å²) in [6, 6.07) is 0. The molecule has 14 heavy (non-hydrogen) atoms. The molecule has 1 aliphatic rings. The number of hydrogen-bond donors (Lipinski definition) is 0. The topological polar surface area (TPSA) is 40.6 Å². The van der Waals surface area contributed by atoms with Gasteiger partial charge in [0.2, 0.25) is 5.91 Å². The van der Waals surface area contributed by atoms with Crippen molar-refractivity contribution in [3.05, 3.63) is 0 Å². The maximum absolute atomic E-state index is 11.0. The molecule has 1 amide bonds. The molecule has 0 atom stereocenters. The van der Waals surface area contributed by atoms with Crippen molar-refractivity contribution in [3.8, 4) is 0 Å². The van der Waals surface area contributed by atoms with Crippen LogP contribution in [0.4, 0.5) is 0 Å². The predicted octanol–water partition coefficient (Wildman–Crippen LogP) is 0.0404. The van der Waals surface area contributed by atoms with Crippen LogP contribution in [0.3, 0.4) is 0 Å². The first-order valence-corrected chi connectivity index (χ1v) is 5.07. The molecule has 0 aliphatic carbocycles. The van der Waals surface area contributed by atoms with Gasteiger partial charge >= 0.3 is 0 Å². The third-order valence-electron chi connectivity index (χ3n) is 2.57. The van der Waals surface area contributed by atoms with E-state index in [2.05, 4.69) is 4.90 Å². The van der Waals surface area contributed by atoms with Gasteiger partial charge in [-0.05, 0) is 13.0 Å². The quantitative estimate of drug-likeness (QED) is 0.597. The van der Waals surface area contributed by atoms with Crippen LogP contribution in [-0.4, -0.2) is 54.7 Å². The first-order chi connectivity index (χ1) is 6.74. The van der Waals surface area contributed by atoms with Gasteiger partial charge in [-0.1, -0.05) is 0 Å². The summed E-state index contributed by atoms with van der Waals surface area (Å²) in [5, 5.41) is 0. The van der Waals surface area contributed by atoms with Crippen molar-refractivity contribution in [1.82, 2.24) is 9.80 Å². The van der Waals surface area contributed by atoms with Gasteiger partial charge in [-0.15, -0.1) is 0 Å². The van der Waals surface area contributed by atoms with Crippen LogP contribution in [0.25, 0.3) is 0 Å². The van der Waals surface area contributed by atoms with Gasteiger partial charge in [0, 0.05) is 39.5 Å². The Morgan fingerprint density at radius 3 is 2.43 bits per heavy atom. The second kappa shape index (κ2) is 5.75. The number of rotatable bonds is 4. The minimum atomic E-state index is 0.158. The van der Waals surface area contributed by atoms with Crippen molar-refractivity contribution in [2.45, 2.75) is 19.8 Å². The molecule has 1 radical (unpaired) electrons. The molecule has 79 valence electrons. The van der Waals surface area contributed by atoms with E-state index in [9.17, 15) is 9.59 Å². The number of unbranched alkanes of at least 4 members (excludes halogenated alkanes) is 1. The summed E-state index contributed by atoms with van der Waals surface area (Å²) < 4.78 is 0. The Labute approximate surface area is 84.9 Å². The lowest BCUT2D eigenvalue weighted by Crippen LogP contribution is -2.48. The highest BCUT2D eigenvalue weighted by Gasteiger charge is 2.17. The molecule has 0 aromatic heterocycles. The highest BCUT2D eigenvalue weighted by Crippen LogP contribution is 2.03. The highest BCUT2D eigenvalue weighted by atomic mass is 16.2. The molecule has 0 aromatic carbocycles. The van der Waals surface area contributed by atoms with Crippen molar-refractivity contribution in [3.63, 3.8) is 0 Å². The van der Waals surface area contributed by atoms with Gasteiger partial charge < -0.3 is 4.90 Å². The molecule has 1 fully saturated rings. The van der Waals surface area contributed by atoms with Crippen LogP contribution in [0.2, 0.25) is 0 Å². The summed E-state index contributed by atoms with van der Waals surface area (Å²) in [6.45, 7) is 6.05. The van der Waals surface area contributed by atoms with Crippen molar-refractivity contribution >= 4 is 12.2 Å². The largest absolute Gasteiger partial charge is 0.340 e. The molecule has 1 rings (SSSR count). The smallest absolute Gasteiger partial charge is 0.219 e. The lowest BCUT2D eigenvalue weighted by Gasteiger charge is -2.34. The number of carbonyl (C=O) groups is 1. The third kappa shape index (κ3) is 3.46. The molecule has 1 heterocycles. The van der Waals surface area contributed by atoms with E-state index in [1.807, 2.05) is 11.2 Å². The first-order valence-electron chi connectivity index (χ1n) is 5.07. The standard InChI is InChI=1S/C10H17N2O2/c1-10(14)12-7-5-11(6-8-12)4-2-3-9-13/h2-8H2,1H3. The van der Waals surface area contributed by atoms with Gasteiger partial charge in [0.1, 0.15) is 0 Å². The summed E-state index contributed by atoms with van der Waals surface area (Å²) in [7, 11) is 0. The predicted molar refractivity (Wildman–Crippen MR) is 53.6 cm³/mol. The van der Waals surface area contributed by atoms with Crippen molar-refractivity contribution in [1.29, 1.82) is 0 Å². The molecule has 4 nitrogen and oxygen atoms in total. The molecular weight excluding hydrogens is 180 g/mol. The minimum Gasteiger partial charge on any atom is -0.340 e. The zero-order valence-corrected chi connectivity index (χ0v) is 8.66. The van der Waals surface area contributed by atoms with Crippen LogP contribution in [-0.2, 0) is 9.59 Å². The Morgan fingerprint density at radius 2 is 1.93 bits per heavy atom. The highest BCUT2D eigenvalue weighted by molar-refractivity contribution is 5.73.